The van der Waals surface area contributed by atoms with E-state index in [2.05, 4.69) is 51.9 Å². The molecule has 1 heterocycles. The fourth-order valence-corrected chi connectivity index (χ4v) is 4.17. The number of nitrogens with zero attached hydrogens (tertiary/aromatic N) is 3. The highest BCUT2D eigenvalue weighted by Gasteiger charge is 2.33. The van der Waals surface area contributed by atoms with E-state index in [9.17, 15) is 0 Å². The molecule has 0 radical (unpaired) electrons. The standard InChI is InChI=1S/C23H35N5O.HI/c1-3-29-15-12-23(10-4-5-11-23)19-26-22(24-2)25-17-20-8-6-9-21(16-20)18-28-14-7-13-27-28;/h6-9,13-14,16H,3-5,10-12,15,17-19H2,1-2H3,(H2,24,25,26);1H. The maximum absolute atomic E-state index is 5.63. The molecule has 1 aromatic heterocycles. The number of rotatable bonds is 10. The van der Waals surface area contributed by atoms with Crippen molar-refractivity contribution >= 4 is 29.9 Å². The number of guanidine groups is 1. The monoisotopic (exact) mass is 525 g/mol. The molecule has 0 bridgehead atoms. The quantitative estimate of drug-likeness (QED) is 0.211. The Bertz CT molecular complexity index is 757. The summed E-state index contributed by atoms with van der Waals surface area (Å²) in [6.45, 7) is 6.21. The van der Waals surface area contributed by atoms with Crippen LogP contribution < -0.4 is 10.6 Å². The number of hydrogen-bond donors (Lipinski definition) is 2. The molecule has 0 atom stereocenters. The average molecular weight is 525 g/mol. The second-order valence-corrected chi connectivity index (χ2v) is 7.96. The molecular weight excluding hydrogens is 489 g/mol. The molecule has 30 heavy (non-hydrogen) atoms. The van der Waals surface area contributed by atoms with Gasteiger partial charge in [-0.3, -0.25) is 9.67 Å². The van der Waals surface area contributed by atoms with E-state index >= 15 is 0 Å². The van der Waals surface area contributed by atoms with Gasteiger partial charge in [-0.1, -0.05) is 37.1 Å². The molecule has 0 aliphatic heterocycles. The fourth-order valence-electron chi connectivity index (χ4n) is 4.17. The number of nitrogens with one attached hydrogen (secondary N) is 2. The van der Waals surface area contributed by atoms with Crippen LogP contribution in [0.4, 0.5) is 0 Å². The molecule has 0 spiro atoms. The first-order chi connectivity index (χ1) is 14.2. The van der Waals surface area contributed by atoms with E-state index in [1.807, 2.05) is 30.2 Å². The smallest absolute Gasteiger partial charge is 0.191 e. The van der Waals surface area contributed by atoms with Crippen molar-refractivity contribution in [1.29, 1.82) is 0 Å². The Morgan fingerprint density at radius 3 is 2.70 bits per heavy atom. The van der Waals surface area contributed by atoms with Crippen molar-refractivity contribution in [2.75, 3.05) is 26.8 Å². The minimum Gasteiger partial charge on any atom is -0.382 e. The van der Waals surface area contributed by atoms with E-state index in [-0.39, 0.29) is 24.0 Å². The van der Waals surface area contributed by atoms with Gasteiger partial charge in [0.05, 0.1) is 6.54 Å². The summed E-state index contributed by atoms with van der Waals surface area (Å²) in [5, 5.41) is 11.3. The Kier molecular flexibility index (Phi) is 10.6. The van der Waals surface area contributed by atoms with Crippen molar-refractivity contribution in [3.63, 3.8) is 0 Å². The van der Waals surface area contributed by atoms with Crippen molar-refractivity contribution < 1.29 is 4.74 Å². The van der Waals surface area contributed by atoms with Gasteiger partial charge in [-0.15, -0.1) is 24.0 Å². The highest BCUT2D eigenvalue weighted by molar-refractivity contribution is 14.0. The second kappa shape index (κ2) is 12.9. The van der Waals surface area contributed by atoms with Crippen molar-refractivity contribution in [1.82, 2.24) is 20.4 Å². The van der Waals surface area contributed by atoms with E-state index in [0.717, 1.165) is 45.2 Å². The van der Waals surface area contributed by atoms with Gasteiger partial charge in [-0.2, -0.15) is 5.10 Å². The molecule has 2 aromatic rings. The lowest BCUT2D eigenvalue weighted by Crippen LogP contribution is -2.43. The maximum atomic E-state index is 5.63. The minimum absolute atomic E-state index is 0. The SMILES string of the molecule is CCOCCC1(CNC(=NC)NCc2cccc(Cn3cccn3)c2)CCCC1.I. The molecule has 1 aliphatic rings. The Morgan fingerprint density at radius 1 is 1.20 bits per heavy atom. The third-order valence-electron chi connectivity index (χ3n) is 5.85. The fraction of sp³-hybridized carbons (Fsp3) is 0.565. The summed E-state index contributed by atoms with van der Waals surface area (Å²) in [5.74, 6) is 0.866. The third kappa shape index (κ3) is 7.58. The first-order valence-electron chi connectivity index (χ1n) is 10.8. The summed E-state index contributed by atoms with van der Waals surface area (Å²) < 4.78 is 7.57. The van der Waals surface area contributed by atoms with Gasteiger partial charge in [-0.25, -0.2) is 0 Å². The molecule has 2 N–H and O–H groups in total. The van der Waals surface area contributed by atoms with E-state index in [1.165, 1.54) is 36.8 Å². The van der Waals surface area contributed by atoms with Crippen molar-refractivity contribution in [3.8, 4) is 0 Å². The number of ether oxygens (including phenoxy) is 1. The molecule has 0 unspecified atom stereocenters. The lowest BCUT2D eigenvalue weighted by molar-refractivity contribution is 0.105. The molecular formula is C23H36IN5O. The van der Waals surface area contributed by atoms with Crippen LogP contribution in [0, 0.1) is 5.41 Å². The summed E-state index contributed by atoms with van der Waals surface area (Å²) in [7, 11) is 1.84. The van der Waals surface area contributed by atoms with Crippen LogP contribution in [0.1, 0.15) is 50.2 Å². The van der Waals surface area contributed by atoms with Crippen LogP contribution in [-0.4, -0.2) is 42.5 Å². The molecule has 0 saturated heterocycles. The average Bonchev–Trinajstić information content (AvgIpc) is 3.41. The first-order valence-corrected chi connectivity index (χ1v) is 10.8. The molecule has 1 saturated carbocycles. The van der Waals surface area contributed by atoms with Crippen LogP contribution in [0.25, 0.3) is 0 Å². The predicted molar refractivity (Wildman–Crippen MR) is 133 cm³/mol. The lowest BCUT2D eigenvalue weighted by Gasteiger charge is -2.30. The van der Waals surface area contributed by atoms with Crippen molar-refractivity contribution in [2.45, 2.75) is 52.1 Å². The third-order valence-corrected chi connectivity index (χ3v) is 5.85. The zero-order valence-corrected chi connectivity index (χ0v) is 20.6. The predicted octanol–water partition coefficient (Wildman–Crippen LogP) is 4.20. The Morgan fingerprint density at radius 2 is 2.00 bits per heavy atom. The number of benzene rings is 1. The van der Waals surface area contributed by atoms with Crippen LogP contribution in [0.3, 0.4) is 0 Å². The molecule has 1 aliphatic carbocycles. The lowest BCUT2D eigenvalue weighted by atomic mass is 9.83. The van der Waals surface area contributed by atoms with Gasteiger partial charge < -0.3 is 15.4 Å². The van der Waals surface area contributed by atoms with Gasteiger partial charge in [-0.05, 0) is 48.8 Å². The zero-order chi connectivity index (χ0) is 20.4. The highest BCUT2D eigenvalue weighted by atomic mass is 127. The van der Waals surface area contributed by atoms with E-state index < -0.39 is 0 Å². The topological polar surface area (TPSA) is 63.5 Å². The van der Waals surface area contributed by atoms with Gasteiger partial charge >= 0.3 is 0 Å². The van der Waals surface area contributed by atoms with Crippen molar-refractivity contribution in [3.05, 3.63) is 53.9 Å². The van der Waals surface area contributed by atoms with E-state index in [1.54, 1.807) is 0 Å². The summed E-state index contributed by atoms with van der Waals surface area (Å²) in [6, 6.07) is 10.6. The Labute approximate surface area is 197 Å². The summed E-state index contributed by atoms with van der Waals surface area (Å²) in [4.78, 5) is 4.42. The Balaban J connectivity index is 0.00000320. The number of hydrogen-bond acceptors (Lipinski definition) is 3. The maximum Gasteiger partial charge on any atom is 0.191 e. The Hall–Kier alpha value is -1.61. The van der Waals surface area contributed by atoms with Gasteiger partial charge in [0.25, 0.3) is 0 Å². The van der Waals surface area contributed by atoms with Gasteiger partial charge in [0.15, 0.2) is 5.96 Å². The van der Waals surface area contributed by atoms with E-state index in [0.29, 0.717) is 5.41 Å². The molecule has 1 aromatic carbocycles. The zero-order valence-electron chi connectivity index (χ0n) is 18.3. The number of aromatic nitrogens is 2. The van der Waals surface area contributed by atoms with E-state index in [4.69, 9.17) is 4.74 Å². The first kappa shape index (κ1) is 24.7. The van der Waals surface area contributed by atoms with Crippen LogP contribution in [-0.2, 0) is 17.8 Å². The molecule has 1 fully saturated rings. The summed E-state index contributed by atoms with van der Waals surface area (Å²) in [5.41, 5.74) is 2.83. The van der Waals surface area contributed by atoms with Crippen LogP contribution >= 0.6 is 24.0 Å². The second-order valence-electron chi connectivity index (χ2n) is 7.96. The van der Waals surface area contributed by atoms with Crippen LogP contribution in [0.2, 0.25) is 0 Å². The van der Waals surface area contributed by atoms with Gasteiger partial charge in [0.2, 0.25) is 0 Å². The molecule has 3 rings (SSSR count). The molecule has 6 nitrogen and oxygen atoms in total. The van der Waals surface area contributed by atoms with Gasteiger partial charge in [0.1, 0.15) is 0 Å². The number of halogens is 1. The summed E-state index contributed by atoms with van der Waals surface area (Å²) in [6.07, 6.45) is 10.1. The molecule has 0 amide bonds. The molecule has 166 valence electrons. The van der Waals surface area contributed by atoms with Crippen LogP contribution in [0.5, 0.6) is 0 Å². The largest absolute Gasteiger partial charge is 0.382 e. The number of aliphatic imine (C=N–C) groups is 1. The highest BCUT2D eigenvalue weighted by Crippen LogP contribution is 2.40. The normalized spacial score (nSPS) is 15.6. The summed E-state index contributed by atoms with van der Waals surface area (Å²) >= 11 is 0. The van der Waals surface area contributed by atoms with Crippen LogP contribution in [0.15, 0.2) is 47.7 Å². The van der Waals surface area contributed by atoms with Gasteiger partial charge in [0, 0.05) is 45.7 Å². The van der Waals surface area contributed by atoms with Crippen molar-refractivity contribution in [2.24, 2.45) is 10.4 Å². The minimum atomic E-state index is 0. The molecule has 7 heteroatoms.